The third-order valence-electron chi connectivity index (χ3n) is 3.84. The van der Waals surface area contributed by atoms with E-state index in [0.29, 0.717) is 5.75 Å². The predicted octanol–water partition coefficient (Wildman–Crippen LogP) is 3.67. The highest BCUT2D eigenvalue weighted by Gasteiger charge is 2.23. The Morgan fingerprint density at radius 3 is 2.44 bits per heavy atom. The Kier molecular flexibility index (Phi) is 6.05. The molecule has 0 atom stereocenters. The number of carbonyl (C=O) groups excluding carboxylic acids is 3. The van der Waals surface area contributed by atoms with Gasteiger partial charge in [0, 0.05) is 23.4 Å². The number of aromatic nitrogens is 1. The third kappa shape index (κ3) is 4.97. The molecule has 0 saturated carbocycles. The summed E-state index contributed by atoms with van der Waals surface area (Å²) < 4.78 is 19.3. The summed E-state index contributed by atoms with van der Waals surface area (Å²) in [6.07, 6.45) is 2.34. The van der Waals surface area contributed by atoms with Gasteiger partial charge in [0.2, 0.25) is 5.91 Å². The molecule has 0 aliphatic carbocycles. The highest BCUT2D eigenvalue weighted by atomic mass is 19.1. The Labute approximate surface area is 156 Å². The first-order valence-electron chi connectivity index (χ1n) is 8.29. The van der Waals surface area contributed by atoms with Crippen molar-refractivity contribution >= 4 is 23.2 Å². The molecule has 0 aliphatic heterocycles. The van der Waals surface area contributed by atoms with E-state index in [2.05, 4.69) is 10.3 Å². The number of ketones is 2. The Morgan fingerprint density at radius 1 is 1.15 bits per heavy atom. The molecule has 1 aromatic carbocycles. The summed E-state index contributed by atoms with van der Waals surface area (Å²) in [6, 6.07) is 5.21. The lowest BCUT2D eigenvalue weighted by molar-refractivity contribution is -0.123. The minimum Gasteiger partial charge on any atom is -0.496 e. The number of Topliss-reactive ketones (excluding diaryl/α,β-unsaturated/α-hetero) is 2. The van der Waals surface area contributed by atoms with Crippen LogP contribution in [0.15, 0.2) is 36.7 Å². The number of ether oxygens (including phenoxy) is 1. The van der Waals surface area contributed by atoms with Gasteiger partial charge in [-0.2, -0.15) is 0 Å². The second-order valence-electron chi connectivity index (χ2n) is 7.00. The minimum absolute atomic E-state index is 0.0215. The van der Waals surface area contributed by atoms with Crippen LogP contribution in [0, 0.1) is 11.2 Å². The summed E-state index contributed by atoms with van der Waals surface area (Å²) in [5, 5.41) is 2.48. The molecule has 1 N–H and O–H groups in total. The second kappa shape index (κ2) is 8.07. The number of nitrogens with one attached hydrogen (secondary N) is 1. The monoisotopic (exact) mass is 372 g/mol. The van der Waals surface area contributed by atoms with Crippen LogP contribution in [-0.2, 0) is 4.79 Å². The Morgan fingerprint density at radius 2 is 1.85 bits per heavy atom. The molecule has 27 heavy (non-hydrogen) atoms. The standard InChI is InChI=1S/C20H21FN2O4/c1-20(2,3)19(26)23-15-6-5-12(9-14(15)21)16(24)10-17(25)13-11-22-8-7-18(13)27-4/h5-9,11H,10H2,1-4H3,(H,23,26). The summed E-state index contributed by atoms with van der Waals surface area (Å²) in [5.41, 5.74) is -0.483. The number of nitrogens with zero attached hydrogens (tertiary/aromatic N) is 1. The number of benzene rings is 1. The van der Waals surface area contributed by atoms with Crippen LogP contribution < -0.4 is 10.1 Å². The van der Waals surface area contributed by atoms with Crippen molar-refractivity contribution in [2.45, 2.75) is 27.2 Å². The molecule has 6 nitrogen and oxygen atoms in total. The van der Waals surface area contributed by atoms with Crippen molar-refractivity contribution in [3.05, 3.63) is 53.6 Å². The fourth-order valence-electron chi connectivity index (χ4n) is 2.21. The molecular weight excluding hydrogens is 351 g/mol. The summed E-state index contributed by atoms with van der Waals surface area (Å²) in [6.45, 7) is 5.11. The number of anilines is 1. The smallest absolute Gasteiger partial charge is 0.229 e. The van der Waals surface area contributed by atoms with Crippen LogP contribution in [0.25, 0.3) is 0 Å². The number of pyridine rings is 1. The molecule has 1 aromatic heterocycles. The molecule has 0 bridgehead atoms. The van der Waals surface area contributed by atoms with Gasteiger partial charge in [0.25, 0.3) is 0 Å². The lowest BCUT2D eigenvalue weighted by atomic mass is 9.95. The van der Waals surface area contributed by atoms with Crippen molar-refractivity contribution < 1.29 is 23.5 Å². The number of rotatable bonds is 6. The van der Waals surface area contributed by atoms with Crippen LogP contribution >= 0.6 is 0 Å². The molecule has 1 amide bonds. The van der Waals surface area contributed by atoms with Gasteiger partial charge in [-0.3, -0.25) is 19.4 Å². The van der Waals surface area contributed by atoms with E-state index >= 15 is 0 Å². The van der Waals surface area contributed by atoms with Crippen LogP contribution in [0.3, 0.4) is 0 Å². The number of hydrogen-bond donors (Lipinski definition) is 1. The van der Waals surface area contributed by atoms with Crippen molar-refractivity contribution in [2.24, 2.45) is 5.41 Å². The largest absolute Gasteiger partial charge is 0.496 e. The number of carbonyl (C=O) groups is 3. The van der Waals surface area contributed by atoms with E-state index in [1.54, 1.807) is 20.8 Å². The third-order valence-corrected chi connectivity index (χ3v) is 3.84. The summed E-state index contributed by atoms with van der Waals surface area (Å²) >= 11 is 0. The molecule has 0 radical (unpaired) electrons. The molecule has 0 saturated heterocycles. The predicted molar refractivity (Wildman–Crippen MR) is 98.6 cm³/mol. The number of amides is 1. The van der Waals surface area contributed by atoms with Crippen LogP contribution in [0.1, 0.15) is 47.9 Å². The maximum atomic E-state index is 14.3. The average Bonchev–Trinajstić information content (AvgIpc) is 2.62. The van der Waals surface area contributed by atoms with Gasteiger partial charge in [0.05, 0.1) is 24.8 Å². The molecule has 2 rings (SSSR count). The fraction of sp³-hybridized carbons (Fsp3) is 0.300. The van der Waals surface area contributed by atoms with Gasteiger partial charge < -0.3 is 10.1 Å². The number of halogens is 1. The van der Waals surface area contributed by atoms with Crippen molar-refractivity contribution in [1.29, 1.82) is 0 Å². The maximum Gasteiger partial charge on any atom is 0.229 e. The van der Waals surface area contributed by atoms with Crippen molar-refractivity contribution in [1.82, 2.24) is 4.98 Å². The Hall–Kier alpha value is -3.09. The lowest BCUT2D eigenvalue weighted by Gasteiger charge is -2.18. The maximum absolute atomic E-state index is 14.3. The van der Waals surface area contributed by atoms with E-state index in [1.165, 1.54) is 37.7 Å². The van der Waals surface area contributed by atoms with E-state index in [9.17, 15) is 18.8 Å². The van der Waals surface area contributed by atoms with Crippen LogP contribution in [0.4, 0.5) is 10.1 Å². The molecule has 0 unspecified atom stereocenters. The summed E-state index contributed by atoms with van der Waals surface area (Å²) in [4.78, 5) is 40.5. The van der Waals surface area contributed by atoms with Gasteiger partial charge in [-0.1, -0.05) is 20.8 Å². The minimum atomic E-state index is -0.746. The van der Waals surface area contributed by atoms with Crippen LogP contribution in [0.2, 0.25) is 0 Å². The van der Waals surface area contributed by atoms with Gasteiger partial charge in [0.1, 0.15) is 11.6 Å². The number of hydrogen-bond acceptors (Lipinski definition) is 5. The second-order valence-corrected chi connectivity index (χ2v) is 7.00. The topological polar surface area (TPSA) is 85.4 Å². The van der Waals surface area contributed by atoms with E-state index in [-0.39, 0.29) is 22.7 Å². The SMILES string of the molecule is COc1ccncc1C(=O)CC(=O)c1ccc(NC(=O)C(C)(C)C)c(F)c1. The summed E-state index contributed by atoms with van der Waals surface area (Å²) in [7, 11) is 1.41. The van der Waals surface area contributed by atoms with E-state index in [0.717, 1.165) is 6.07 Å². The first kappa shape index (κ1) is 20.2. The van der Waals surface area contributed by atoms with E-state index < -0.39 is 29.2 Å². The van der Waals surface area contributed by atoms with Gasteiger partial charge in [-0.25, -0.2) is 4.39 Å². The molecule has 0 spiro atoms. The van der Waals surface area contributed by atoms with Gasteiger partial charge in [-0.15, -0.1) is 0 Å². The zero-order valence-corrected chi connectivity index (χ0v) is 15.6. The highest BCUT2D eigenvalue weighted by molar-refractivity contribution is 6.14. The van der Waals surface area contributed by atoms with Crippen LogP contribution in [-0.4, -0.2) is 29.6 Å². The first-order valence-corrected chi connectivity index (χ1v) is 8.29. The number of methoxy groups -OCH3 is 1. The van der Waals surface area contributed by atoms with Crippen molar-refractivity contribution in [2.75, 3.05) is 12.4 Å². The molecule has 2 aromatic rings. The molecule has 0 fully saturated rings. The zero-order chi connectivity index (χ0) is 20.2. The molecule has 1 heterocycles. The fourth-order valence-corrected chi connectivity index (χ4v) is 2.21. The summed E-state index contributed by atoms with van der Waals surface area (Å²) in [5.74, 6) is -1.80. The normalized spacial score (nSPS) is 11.0. The van der Waals surface area contributed by atoms with Gasteiger partial charge in [-0.05, 0) is 24.3 Å². The van der Waals surface area contributed by atoms with Gasteiger partial charge >= 0.3 is 0 Å². The molecule has 0 aliphatic rings. The van der Waals surface area contributed by atoms with E-state index in [4.69, 9.17) is 4.74 Å². The van der Waals surface area contributed by atoms with Crippen molar-refractivity contribution in [3.63, 3.8) is 0 Å². The Balaban J connectivity index is 2.14. The Bertz CT molecular complexity index is 888. The molecule has 7 heteroatoms. The zero-order valence-electron chi connectivity index (χ0n) is 15.6. The molecule has 142 valence electrons. The average molecular weight is 372 g/mol. The highest BCUT2D eigenvalue weighted by Crippen LogP contribution is 2.22. The van der Waals surface area contributed by atoms with Gasteiger partial charge in [0.15, 0.2) is 11.6 Å². The van der Waals surface area contributed by atoms with Crippen molar-refractivity contribution in [3.8, 4) is 5.75 Å². The lowest BCUT2D eigenvalue weighted by Crippen LogP contribution is -2.28. The van der Waals surface area contributed by atoms with Crippen LogP contribution in [0.5, 0.6) is 5.75 Å². The quantitative estimate of drug-likeness (QED) is 0.618. The first-order chi connectivity index (χ1) is 12.6. The van der Waals surface area contributed by atoms with E-state index in [1.807, 2.05) is 0 Å². The molecular formula is C20H21FN2O4.